The van der Waals surface area contributed by atoms with E-state index in [0.717, 1.165) is 55.1 Å². The summed E-state index contributed by atoms with van der Waals surface area (Å²) in [6.07, 6.45) is 0. The molecule has 0 spiro atoms. The third-order valence-electron chi connectivity index (χ3n) is 10.8. The van der Waals surface area contributed by atoms with Gasteiger partial charge in [0, 0.05) is 56.7 Å². The molecule has 0 aliphatic heterocycles. The summed E-state index contributed by atoms with van der Waals surface area (Å²) in [5, 5.41) is 25.6. The van der Waals surface area contributed by atoms with Crippen molar-refractivity contribution in [2.24, 2.45) is 0 Å². The van der Waals surface area contributed by atoms with Crippen LogP contribution in [0.2, 0.25) is 0 Å². The number of aromatic nitrogens is 1. The van der Waals surface area contributed by atoms with Gasteiger partial charge in [-0.3, -0.25) is 0 Å². The molecule has 1 radical (unpaired) electrons. The molecule has 259 valence electrons. The average molecular weight is 743 g/mol. The van der Waals surface area contributed by atoms with Crippen molar-refractivity contribution in [3.05, 3.63) is 187 Å². The molecule has 0 aliphatic carbocycles. The van der Waals surface area contributed by atoms with E-state index in [2.05, 4.69) is 132 Å². The van der Waals surface area contributed by atoms with Gasteiger partial charge in [0.1, 0.15) is 16.9 Å². The summed E-state index contributed by atoms with van der Waals surface area (Å²) in [6.45, 7) is 0. The molecule has 0 amide bonds. The van der Waals surface area contributed by atoms with E-state index in [4.69, 9.17) is 9.73 Å². The topological polar surface area (TPSA) is 52.4 Å². The molecule has 0 bridgehead atoms. The van der Waals surface area contributed by atoms with Crippen LogP contribution < -0.4 is 0 Å². The molecule has 11 aromatic rings. The van der Waals surface area contributed by atoms with Gasteiger partial charge in [-0.25, -0.2) is 0 Å². The maximum atomic E-state index is 11.7. The number of hydrogen-bond donors (Lipinski definition) is 1. The first-order valence-electron chi connectivity index (χ1n) is 18.2. The number of rotatable bonds is 5. The summed E-state index contributed by atoms with van der Waals surface area (Å²) in [7, 11) is 0. The number of furan rings is 1. The van der Waals surface area contributed by atoms with Crippen molar-refractivity contribution in [3.8, 4) is 33.7 Å². The number of aromatic hydroxyl groups is 1. The Kier molecular flexibility index (Phi) is 7.77. The Morgan fingerprint density at radius 1 is 0.491 bits per heavy atom. The number of para-hydroxylation sites is 2. The largest absolute Gasteiger partial charge is 0.654 e. The SMILES string of the molecule is Oc1cc(-c2ccc3ccccc3c2)c2oc3ccccc3c2c1[N-]c1ccc(-n2c3ccccc3c3cc(-c4ccccc4)c4ccccc4c32)cc1.[V]. The maximum absolute atomic E-state index is 11.7. The fourth-order valence-corrected chi connectivity index (χ4v) is 8.31. The molecule has 0 aliphatic rings. The zero-order valence-electron chi connectivity index (χ0n) is 29.5. The molecule has 11 rings (SSSR count). The summed E-state index contributed by atoms with van der Waals surface area (Å²) in [6, 6.07) is 63.0. The van der Waals surface area contributed by atoms with Crippen LogP contribution in [0.3, 0.4) is 0 Å². The monoisotopic (exact) mass is 742 g/mol. The molecule has 0 atom stereocenters. The van der Waals surface area contributed by atoms with E-state index in [-0.39, 0.29) is 24.3 Å². The smallest absolute Gasteiger partial charge is 0.142 e. The molecule has 0 saturated heterocycles. The second kappa shape index (κ2) is 13.0. The minimum atomic E-state index is 0. The van der Waals surface area contributed by atoms with Crippen molar-refractivity contribution in [3.63, 3.8) is 0 Å². The first-order valence-corrected chi connectivity index (χ1v) is 18.2. The van der Waals surface area contributed by atoms with Crippen molar-refractivity contribution in [1.29, 1.82) is 0 Å². The Labute approximate surface area is 328 Å². The molecule has 0 saturated carbocycles. The van der Waals surface area contributed by atoms with Crippen LogP contribution in [0.4, 0.5) is 11.4 Å². The minimum Gasteiger partial charge on any atom is -0.654 e. The van der Waals surface area contributed by atoms with E-state index in [1.165, 1.54) is 38.2 Å². The molecule has 2 aromatic heterocycles. The number of hydrogen-bond acceptors (Lipinski definition) is 2. The van der Waals surface area contributed by atoms with Crippen LogP contribution in [-0.2, 0) is 18.6 Å². The Bertz CT molecular complexity index is 3250. The normalized spacial score (nSPS) is 11.6. The van der Waals surface area contributed by atoms with E-state index < -0.39 is 0 Å². The Balaban J connectivity index is 0.00000372. The molecule has 0 fully saturated rings. The van der Waals surface area contributed by atoms with Gasteiger partial charge in [-0.2, -0.15) is 0 Å². The van der Waals surface area contributed by atoms with Gasteiger partial charge in [0.25, 0.3) is 0 Å². The van der Waals surface area contributed by atoms with Crippen LogP contribution in [0, 0.1) is 0 Å². The van der Waals surface area contributed by atoms with Crippen molar-refractivity contribution in [2.75, 3.05) is 0 Å². The first-order chi connectivity index (χ1) is 26.7. The summed E-state index contributed by atoms with van der Waals surface area (Å²) < 4.78 is 8.89. The van der Waals surface area contributed by atoms with Gasteiger partial charge in [-0.15, -0.1) is 5.69 Å². The molecular formula is C50H31N2O2V-. The summed E-state index contributed by atoms with van der Waals surface area (Å²) in [5.41, 5.74) is 10.2. The van der Waals surface area contributed by atoms with Gasteiger partial charge in [-0.1, -0.05) is 145 Å². The molecule has 2 heterocycles. The predicted octanol–water partition coefficient (Wildman–Crippen LogP) is 14.4. The van der Waals surface area contributed by atoms with Crippen LogP contribution in [-0.4, -0.2) is 9.67 Å². The van der Waals surface area contributed by atoms with E-state index in [1.54, 1.807) is 6.07 Å². The van der Waals surface area contributed by atoms with Crippen molar-refractivity contribution >= 4 is 76.7 Å². The van der Waals surface area contributed by atoms with E-state index in [1.807, 2.05) is 48.5 Å². The molecule has 0 unspecified atom stereocenters. The molecule has 55 heavy (non-hydrogen) atoms. The fraction of sp³-hybridized carbons (Fsp3) is 0. The molecule has 4 nitrogen and oxygen atoms in total. The van der Waals surface area contributed by atoms with Gasteiger partial charge < -0.3 is 19.4 Å². The van der Waals surface area contributed by atoms with Crippen molar-refractivity contribution < 1.29 is 28.1 Å². The molecule has 1 N–H and O–H groups in total. The number of phenols is 1. The second-order valence-corrected chi connectivity index (χ2v) is 13.9. The van der Waals surface area contributed by atoms with Gasteiger partial charge in [-0.05, 0) is 75.3 Å². The third-order valence-corrected chi connectivity index (χ3v) is 10.8. The number of phenolic OH excluding ortho intramolecular Hbond substituents is 1. The van der Waals surface area contributed by atoms with Crippen molar-refractivity contribution in [2.45, 2.75) is 0 Å². The van der Waals surface area contributed by atoms with Crippen LogP contribution in [0.25, 0.3) is 98.5 Å². The molecule has 9 aromatic carbocycles. The number of nitrogens with zero attached hydrogens (tertiary/aromatic N) is 2. The quantitative estimate of drug-likeness (QED) is 0.191. The van der Waals surface area contributed by atoms with Crippen LogP contribution in [0.1, 0.15) is 0 Å². The Morgan fingerprint density at radius 2 is 1.16 bits per heavy atom. The van der Waals surface area contributed by atoms with Crippen LogP contribution >= 0.6 is 0 Å². The summed E-state index contributed by atoms with van der Waals surface area (Å²) >= 11 is 0. The zero-order chi connectivity index (χ0) is 35.8. The maximum Gasteiger partial charge on any atom is 0.142 e. The summed E-state index contributed by atoms with van der Waals surface area (Å²) in [4.78, 5) is 0. The number of fused-ring (bicyclic) bond motifs is 9. The van der Waals surface area contributed by atoms with Crippen LogP contribution in [0.5, 0.6) is 5.75 Å². The zero-order valence-corrected chi connectivity index (χ0v) is 30.9. The van der Waals surface area contributed by atoms with E-state index in [0.29, 0.717) is 11.3 Å². The molecule has 5 heteroatoms. The minimum absolute atomic E-state index is 0. The number of benzene rings is 9. The first kappa shape index (κ1) is 32.9. The Hall–Kier alpha value is -6.72. The van der Waals surface area contributed by atoms with E-state index >= 15 is 0 Å². The van der Waals surface area contributed by atoms with Gasteiger partial charge in [0.2, 0.25) is 0 Å². The fourth-order valence-electron chi connectivity index (χ4n) is 8.31. The van der Waals surface area contributed by atoms with Gasteiger partial charge in [0.05, 0.1) is 11.0 Å². The van der Waals surface area contributed by atoms with E-state index in [9.17, 15) is 5.11 Å². The average Bonchev–Trinajstić information content (AvgIpc) is 3.78. The van der Waals surface area contributed by atoms with Crippen LogP contribution in [0.15, 0.2) is 186 Å². The third kappa shape index (κ3) is 5.22. The second-order valence-electron chi connectivity index (χ2n) is 13.9. The van der Waals surface area contributed by atoms with Gasteiger partial charge >= 0.3 is 0 Å². The van der Waals surface area contributed by atoms with Gasteiger partial charge in [0.15, 0.2) is 0 Å². The summed E-state index contributed by atoms with van der Waals surface area (Å²) in [5.74, 6) is 0.101. The molecular weight excluding hydrogens is 712 g/mol. The standard InChI is InChI=1S/C50H31N2O2.V/c53-45-30-42(34-23-22-31-12-4-5-15-33(31)28-34)50-47(40-19-9-11-21-46(40)54-50)48(45)51-35-24-26-36(27-25-35)52-44-20-10-8-17-38(44)43-29-41(32-13-2-1-3-14-32)37-16-6-7-18-39(37)49(43)52;/h1-30,53H;/q-1;. The predicted molar refractivity (Wildman–Crippen MR) is 225 cm³/mol. The van der Waals surface area contributed by atoms with Crippen molar-refractivity contribution in [1.82, 2.24) is 4.57 Å². The Morgan fingerprint density at radius 3 is 1.98 bits per heavy atom.